The number of halogens is 1. The average Bonchev–Trinajstić information content (AvgIpc) is 3.22. The molecule has 1 aromatic heterocycles. The van der Waals surface area contributed by atoms with Crippen LogP contribution < -0.4 is 5.32 Å². The van der Waals surface area contributed by atoms with Gasteiger partial charge >= 0.3 is 0 Å². The van der Waals surface area contributed by atoms with Crippen LogP contribution in [0.1, 0.15) is 18.7 Å². The summed E-state index contributed by atoms with van der Waals surface area (Å²) in [6.07, 6.45) is 3.29. The van der Waals surface area contributed by atoms with E-state index in [1.165, 1.54) is 25.0 Å². The maximum atomic E-state index is 10.6. The monoisotopic (exact) mass is 304 g/mol. The number of nitrogens with one attached hydrogen (secondary N) is 1. The van der Waals surface area contributed by atoms with E-state index in [0.29, 0.717) is 22.6 Å². The summed E-state index contributed by atoms with van der Waals surface area (Å²) in [4.78, 5) is 18.8. The Morgan fingerprint density at radius 1 is 1.29 bits per heavy atom. The van der Waals surface area contributed by atoms with Gasteiger partial charge in [-0.15, -0.1) is 0 Å². The van der Waals surface area contributed by atoms with E-state index in [1.807, 2.05) is 0 Å². The van der Waals surface area contributed by atoms with Crippen LogP contribution in [0.15, 0.2) is 30.3 Å². The van der Waals surface area contributed by atoms with Crippen molar-refractivity contribution in [3.63, 3.8) is 0 Å². The predicted molar refractivity (Wildman–Crippen MR) is 79.8 cm³/mol. The highest BCUT2D eigenvalue weighted by Gasteiger charge is 2.23. The molecule has 21 heavy (non-hydrogen) atoms. The number of non-ortho nitro benzene ring substituents is 1. The Hall–Kier alpha value is -2.21. The number of rotatable bonds is 5. The van der Waals surface area contributed by atoms with E-state index in [0.717, 1.165) is 12.2 Å². The summed E-state index contributed by atoms with van der Waals surface area (Å²) in [6.45, 7) is 0. The first-order valence-corrected chi connectivity index (χ1v) is 7.03. The normalized spacial score (nSPS) is 14.0. The quantitative estimate of drug-likeness (QED) is 0.517. The van der Waals surface area contributed by atoms with Crippen molar-refractivity contribution >= 4 is 28.8 Å². The molecule has 108 valence electrons. The molecule has 0 radical (unpaired) electrons. The highest BCUT2D eigenvalue weighted by Crippen LogP contribution is 2.32. The minimum Gasteiger partial charge on any atom is -0.340 e. The number of benzene rings is 1. The van der Waals surface area contributed by atoms with E-state index in [2.05, 4.69) is 15.3 Å². The first-order valence-electron chi connectivity index (χ1n) is 6.65. The van der Waals surface area contributed by atoms with Gasteiger partial charge in [0.15, 0.2) is 0 Å². The zero-order valence-corrected chi connectivity index (χ0v) is 11.9. The lowest BCUT2D eigenvalue weighted by molar-refractivity contribution is -0.384. The molecule has 1 saturated carbocycles. The Bertz CT molecular complexity index is 671. The second-order valence-corrected chi connectivity index (χ2v) is 5.46. The molecule has 0 bridgehead atoms. The fraction of sp³-hybridized carbons (Fsp3) is 0.286. The van der Waals surface area contributed by atoms with Gasteiger partial charge in [-0.25, -0.2) is 9.97 Å². The van der Waals surface area contributed by atoms with Crippen LogP contribution in [0.4, 0.5) is 17.2 Å². The molecule has 0 saturated heterocycles. The molecule has 1 heterocycles. The van der Waals surface area contributed by atoms with Gasteiger partial charge < -0.3 is 5.32 Å². The lowest BCUT2D eigenvalue weighted by Crippen LogP contribution is -2.01. The third-order valence-electron chi connectivity index (χ3n) is 3.26. The molecule has 1 fully saturated rings. The molecule has 1 aliphatic carbocycles. The molecule has 1 aromatic carbocycles. The molecule has 0 spiro atoms. The van der Waals surface area contributed by atoms with Gasteiger partial charge in [0.2, 0.25) is 0 Å². The lowest BCUT2D eigenvalue weighted by atomic mass is 10.2. The Morgan fingerprint density at radius 2 is 2.00 bits per heavy atom. The van der Waals surface area contributed by atoms with Crippen LogP contribution >= 0.6 is 11.6 Å². The Kier molecular flexibility index (Phi) is 3.70. The van der Waals surface area contributed by atoms with Gasteiger partial charge in [-0.1, -0.05) is 11.6 Å². The van der Waals surface area contributed by atoms with E-state index in [4.69, 9.17) is 11.6 Å². The van der Waals surface area contributed by atoms with E-state index < -0.39 is 4.92 Å². The largest absolute Gasteiger partial charge is 0.340 e. The molecule has 6 nitrogen and oxygen atoms in total. The summed E-state index contributed by atoms with van der Waals surface area (Å²) >= 11 is 6.01. The van der Waals surface area contributed by atoms with E-state index in [-0.39, 0.29) is 5.69 Å². The van der Waals surface area contributed by atoms with Crippen molar-refractivity contribution < 1.29 is 4.92 Å². The zero-order valence-electron chi connectivity index (χ0n) is 11.1. The molecule has 1 N–H and O–H groups in total. The number of anilines is 2. The minimum absolute atomic E-state index is 0.0516. The molecule has 2 aromatic rings. The molecule has 0 aliphatic heterocycles. The van der Waals surface area contributed by atoms with Crippen LogP contribution in [0.25, 0.3) is 0 Å². The van der Waals surface area contributed by atoms with Crippen molar-refractivity contribution in [2.75, 3.05) is 5.32 Å². The van der Waals surface area contributed by atoms with Crippen molar-refractivity contribution in [1.29, 1.82) is 0 Å². The van der Waals surface area contributed by atoms with Crippen LogP contribution in [0.3, 0.4) is 0 Å². The first-order chi connectivity index (χ1) is 10.1. The molecule has 3 rings (SSSR count). The Balaban J connectivity index is 1.76. The van der Waals surface area contributed by atoms with Crippen LogP contribution in [-0.4, -0.2) is 14.9 Å². The van der Waals surface area contributed by atoms with E-state index in [9.17, 15) is 10.1 Å². The maximum absolute atomic E-state index is 10.6. The molecule has 1 aliphatic rings. The Labute approximate surface area is 126 Å². The number of hydrogen-bond donors (Lipinski definition) is 1. The summed E-state index contributed by atoms with van der Waals surface area (Å²) in [5.41, 5.74) is 0.767. The van der Waals surface area contributed by atoms with Gasteiger partial charge in [-0.05, 0) is 30.9 Å². The Morgan fingerprint density at radius 3 is 2.62 bits per heavy atom. The fourth-order valence-corrected chi connectivity index (χ4v) is 2.22. The number of nitrogens with zero attached hydrogens (tertiary/aromatic N) is 3. The number of nitro benzene ring substituents is 1. The maximum Gasteiger partial charge on any atom is 0.269 e. The van der Waals surface area contributed by atoms with Crippen molar-refractivity contribution in [3.8, 4) is 0 Å². The second kappa shape index (κ2) is 5.65. The fourth-order valence-electron chi connectivity index (χ4n) is 2.01. The summed E-state index contributed by atoms with van der Waals surface area (Å²) < 4.78 is 0. The topological polar surface area (TPSA) is 81.0 Å². The average molecular weight is 305 g/mol. The highest BCUT2D eigenvalue weighted by atomic mass is 35.5. The number of aromatic nitrogens is 2. The summed E-state index contributed by atoms with van der Waals surface area (Å²) in [6, 6.07) is 7.79. The molecule has 0 unspecified atom stereocenters. The van der Waals surface area contributed by atoms with Crippen LogP contribution in [0.2, 0.25) is 5.15 Å². The van der Waals surface area contributed by atoms with Gasteiger partial charge in [-0.3, -0.25) is 10.1 Å². The van der Waals surface area contributed by atoms with Gasteiger partial charge in [0.1, 0.15) is 16.8 Å². The van der Waals surface area contributed by atoms with E-state index in [1.54, 1.807) is 18.2 Å². The van der Waals surface area contributed by atoms with Crippen molar-refractivity contribution in [1.82, 2.24) is 9.97 Å². The van der Waals surface area contributed by atoms with Crippen LogP contribution in [0.5, 0.6) is 0 Å². The molecular formula is C14H13ClN4O2. The molecular weight excluding hydrogens is 292 g/mol. The molecule has 7 heteroatoms. The highest BCUT2D eigenvalue weighted by molar-refractivity contribution is 6.29. The zero-order chi connectivity index (χ0) is 14.8. The van der Waals surface area contributed by atoms with Gasteiger partial charge in [0.05, 0.1) is 4.92 Å². The number of nitro groups is 1. The smallest absolute Gasteiger partial charge is 0.269 e. The van der Waals surface area contributed by atoms with Crippen molar-refractivity contribution in [3.05, 3.63) is 51.4 Å². The molecule has 0 atom stereocenters. The third-order valence-corrected chi connectivity index (χ3v) is 3.45. The van der Waals surface area contributed by atoms with Gasteiger partial charge in [0, 0.05) is 30.3 Å². The van der Waals surface area contributed by atoms with Gasteiger partial charge in [0.25, 0.3) is 5.69 Å². The summed E-state index contributed by atoms with van der Waals surface area (Å²) in [5.74, 6) is 2.00. The summed E-state index contributed by atoms with van der Waals surface area (Å²) in [5, 5.41) is 14.1. The standard InChI is InChI=1S/C14H13ClN4O2/c15-12-8-14(18-13(17-12)7-9-1-2-9)16-10-3-5-11(6-4-10)19(20)21/h3-6,8-9H,1-2,7H2,(H,16,17,18). The van der Waals surface area contributed by atoms with Crippen LogP contribution in [0, 0.1) is 16.0 Å². The second-order valence-electron chi connectivity index (χ2n) is 5.07. The first kappa shape index (κ1) is 13.8. The van der Waals surface area contributed by atoms with Crippen molar-refractivity contribution in [2.45, 2.75) is 19.3 Å². The molecule has 0 amide bonds. The minimum atomic E-state index is -0.431. The van der Waals surface area contributed by atoms with Gasteiger partial charge in [-0.2, -0.15) is 0 Å². The lowest BCUT2D eigenvalue weighted by Gasteiger charge is -2.07. The predicted octanol–water partition coefficient (Wildman–Crippen LogP) is 3.73. The van der Waals surface area contributed by atoms with E-state index >= 15 is 0 Å². The summed E-state index contributed by atoms with van der Waals surface area (Å²) in [7, 11) is 0. The third kappa shape index (κ3) is 3.66. The van der Waals surface area contributed by atoms with Crippen LogP contribution in [-0.2, 0) is 6.42 Å². The van der Waals surface area contributed by atoms with Crippen molar-refractivity contribution in [2.24, 2.45) is 5.92 Å². The number of hydrogen-bond acceptors (Lipinski definition) is 5. The SMILES string of the molecule is O=[N+]([O-])c1ccc(Nc2cc(Cl)nc(CC3CC3)n2)cc1.